The Hall–Kier alpha value is -1.90. The molecule has 0 saturated heterocycles. The van der Waals surface area contributed by atoms with Crippen molar-refractivity contribution in [1.82, 2.24) is 4.90 Å². The quantitative estimate of drug-likeness (QED) is 0.672. The highest BCUT2D eigenvalue weighted by Gasteiger charge is 2.27. The van der Waals surface area contributed by atoms with E-state index in [0.717, 1.165) is 38.8 Å². The second kappa shape index (κ2) is 10.4. The van der Waals surface area contributed by atoms with E-state index in [1.165, 1.54) is 11.1 Å². The van der Waals surface area contributed by atoms with Crippen molar-refractivity contribution in [3.8, 4) is 0 Å². The molecule has 2 nitrogen and oxygen atoms in total. The summed E-state index contributed by atoms with van der Waals surface area (Å²) in [6, 6.07) is 11.0. The minimum atomic E-state index is 0.225. The third kappa shape index (κ3) is 6.05. The van der Waals surface area contributed by atoms with Crippen LogP contribution in [0.3, 0.4) is 0 Å². The van der Waals surface area contributed by atoms with Gasteiger partial charge in [0.25, 0.3) is 0 Å². The first-order chi connectivity index (χ1) is 13.3. The van der Waals surface area contributed by atoms with Crippen LogP contribution >= 0.6 is 0 Å². The van der Waals surface area contributed by atoms with Crippen LogP contribution in [0.4, 0.5) is 0 Å². The van der Waals surface area contributed by atoms with Gasteiger partial charge in [0, 0.05) is 25.7 Å². The van der Waals surface area contributed by atoms with Crippen LogP contribution in [0, 0.1) is 11.8 Å². The van der Waals surface area contributed by atoms with Crippen LogP contribution in [0.25, 0.3) is 0 Å². The summed E-state index contributed by atoms with van der Waals surface area (Å²) in [5.41, 5.74) is 2.76. The van der Waals surface area contributed by atoms with Crippen LogP contribution in [-0.4, -0.2) is 35.7 Å². The highest BCUT2D eigenvalue weighted by atomic mass is 16.3. The summed E-state index contributed by atoms with van der Waals surface area (Å²) >= 11 is 0. The molecule has 1 aromatic rings. The molecule has 0 aliphatic heterocycles. The number of hydrogen-bond acceptors (Lipinski definition) is 2. The molecule has 27 heavy (non-hydrogen) atoms. The van der Waals surface area contributed by atoms with Gasteiger partial charge < -0.3 is 5.11 Å². The van der Waals surface area contributed by atoms with Gasteiger partial charge in [0.2, 0.25) is 0 Å². The number of benzene rings is 1. The molecule has 0 amide bonds. The SMILES string of the molecule is C[C@H](CO)C(Cc1ccccc1)N(CC1=CCCC=C1)CC1C=CC=CC1. The van der Waals surface area contributed by atoms with E-state index < -0.39 is 0 Å². The Bertz CT molecular complexity index is 686. The van der Waals surface area contributed by atoms with E-state index in [9.17, 15) is 5.11 Å². The smallest absolute Gasteiger partial charge is 0.0471 e. The topological polar surface area (TPSA) is 23.5 Å². The molecule has 2 unspecified atom stereocenters. The molecular formula is C25H33NO. The molecule has 1 aromatic carbocycles. The maximum Gasteiger partial charge on any atom is 0.0471 e. The summed E-state index contributed by atoms with van der Waals surface area (Å²) in [7, 11) is 0. The molecule has 0 spiro atoms. The van der Waals surface area contributed by atoms with Gasteiger partial charge in [-0.1, -0.05) is 79.8 Å². The normalized spacial score (nSPS) is 21.3. The third-order valence-electron chi connectivity index (χ3n) is 5.70. The Balaban J connectivity index is 1.80. The van der Waals surface area contributed by atoms with Gasteiger partial charge in [0.05, 0.1) is 0 Å². The number of aliphatic hydroxyl groups is 1. The van der Waals surface area contributed by atoms with Gasteiger partial charge in [-0.05, 0) is 48.7 Å². The molecule has 3 rings (SSSR count). The second-order valence-electron chi connectivity index (χ2n) is 7.91. The van der Waals surface area contributed by atoms with Crippen LogP contribution in [0.1, 0.15) is 31.7 Å². The van der Waals surface area contributed by atoms with E-state index in [-0.39, 0.29) is 12.5 Å². The number of allylic oxidation sites excluding steroid dienone is 5. The van der Waals surface area contributed by atoms with Crippen molar-refractivity contribution in [1.29, 1.82) is 0 Å². The average Bonchev–Trinajstić information content (AvgIpc) is 2.73. The number of aliphatic hydroxyl groups excluding tert-OH is 1. The molecule has 0 bridgehead atoms. The van der Waals surface area contributed by atoms with Crippen LogP contribution in [0.15, 0.2) is 78.4 Å². The average molecular weight is 364 g/mol. The predicted octanol–water partition coefficient (Wildman–Crippen LogP) is 4.94. The molecule has 2 aliphatic carbocycles. The molecule has 1 N–H and O–H groups in total. The molecule has 0 radical (unpaired) electrons. The minimum absolute atomic E-state index is 0.225. The summed E-state index contributed by atoms with van der Waals surface area (Å²) in [5.74, 6) is 0.786. The predicted molar refractivity (Wildman–Crippen MR) is 115 cm³/mol. The Morgan fingerprint density at radius 1 is 1.11 bits per heavy atom. The van der Waals surface area contributed by atoms with Crippen LogP contribution in [0.2, 0.25) is 0 Å². The highest BCUT2D eigenvalue weighted by Crippen LogP contribution is 2.23. The number of rotatable bonds is 9. The van der Waals surface area contributed by atoms with Crippen molar-refractivity contribution in [3.63, 3.8) is 0 Å². The van der Waals surface area contributed by atoms with E-state index in [4.69, 9.17) is 0 Å². The van der Waals surface area contributed by atoms with Gasteiger partial charge in [-0.2, -0.15) is 0 Å². The largest absolute Gasteiger partial charge is 0.396 e. The second-order valence-corrected chi connectivity index (χ2v) is 7.91. The fraction of sp³-hybridized carbons (Fsp3) is 0.440. The summed E-state index contributed by atoms with van der Waals surface area (Å²) in [5, 5.41) is 9.96. The van der Waals surface area contributed by atoms with Crippen molar-refractivity contribution in [3.05, 3.63) is 84.0 Å². The van der Waals surface area contributed by atoms with E-state index in [2.05, 4.69) is 84.7 Å². The molecule has 0 saturated carbocycles. The summed E-state index contributed by atoms with van der Waals surface area (Å²) in [4.78, 5) is 2.61. The Morgan fingerprint density at radius 2 is 1.96 bits per heavy atom. The van der Waals surface area contributed by atoms with Gasteiger partial charge in [0.15, 0.2) is 0 Å². The van der Waals surface area contributed by atoms with Crippen LogP contribution in [0.5, 0.6) is 0 Å². The summed E-state index contributed by atoms with van der Waals surface area (Å²) in [6.45, 7) is 4.41. The van der Waals surface area contributed by atoms with E-state index in [1.54, 1.807) is 0 Å². The zero-order valence-corrected chi connectivity index (χ0v) is 16.5. The molecule has 2 heteroatoms. The lowest BCUT2D eigenvalue weighted by Crippen LogP contribution is -2.45. The monoisotopic (exact) mass is 363 g/mol. The van der Waals surface area contributed by atoms with Gasteiger partial charge in [0.1, 0.15) is 0 Å². The molecule has 0 aromatic heterocycles. The van der Waals surface area contributed by atoms with Gasteiger partial charge in [-0.3, -0.25) is 4.90 Å². The zero-order valence-electron chi connectivity index (χ0n) is 16.5. The Morgan fingerprint density at radius 3 is 2.63 bits per heavy atom. The molecule has 3 atom stereocenters. The minimum Gasteiger partial charge on any atom is -0.396 e. The van der Waals surface area contributed by atoms with E-state index in [0.29, 0.717) is 12.0 Å². The Labute approximate surface area is 164 Å². The first kappa shape index (κ1) is 19.9. The van der Waals surface area contributed by atoms with E-state index >= 15 is 0 Å². The molecule has 144 valence electrons. The van der Waals surface area contributed by atoms with Crippen molar-refractivity contribution >= 4 is 0 Å². The van der Waals surface area contributed by atoms with Crippen molar-refractivity contribution in [2.24, 2.45) is 11.8 Å². The van der Waals surface area contributed by atoms with Gasteiger partial charge in [-0.25, -0.2) is 0 Å². The van der Waals surface area contributed by atoms with Crippen LogP contribution in [-0.2, 0) is 6.42 Å². The lowest BCUT2D eigenvalue weighted by atomic mass is 9.91. The molecule has 2 aliphatic rings. The Kier molecular flexibility index (Phi) is 7.67. The van der Waals surface area contributed by atoms with Crippen LogP contribution < -0.4 is 0 Å². The molecular weight excluding hydrogens is 330 g/mol. The standard InChI is InChI=1S/C25H33NO/c1-21(20-27)25(17-22-11-5-2-6-12-22)26(18-23-13-7-3-8-14-23)19-24-15-9-4-10-16-24/h2-3,5-9,11-13,15-16,21,23,25,27H,4,10,14,17-20H2,1H3/t21-,23?,25?/m1/s1. The highest BCUT2D eigenvalue weighted by molar-refractivity contribution is 5.24. The van der Waals surface area contributed by atoms with Crippen molar-refractivity contribution < 1.29 is 5.11 Å². The van der Waals surface area contributed by atoms with E-state index in [1.807, 2.05) is 0 Å². The summed E-state index contributed by atoms with van der Waals surface area (Å²) in [6.07, 6.45) is 20.3. The number of nitrogens with zero attached hydrogens (tertiary/aromatic N) is 1. The third-order valence-corrected chi connectivity index (χ3v) is 5.70. The maximum atomic E-state index is 9.96. The zero-order chi connectivity index (χ0) is 18.9. The molecule has 0 heterocycles. The maximum absolute atomic E-state index is 9.96. The first-order valence-electron chi connectivity index (χ1n) is 10.3. The summed E-state index contributed by atoms with van der Waals surface area (Å²) < 4.78 is 0. The molecule has 0 fully saturated rings. The fourth-order valence-electron chi connectivity index (χ4n) is 4.07. The fourth-order valence-corrected chi connectivity index (χ4v) is 4.07. The van der Waals surface area contributed by atoms with Crippen molar-refractivity contribution in [2.75, 3.05) is 19.7 Å². The lowest BCUT2D eigenvalue weighted by Gasteiger charge is -2.38. The van der Waals surface area contributed by atoms with Gasteiger partial charge >= 0.3 is 0 Å². The first-order valence-corrected chi connectivity index (χ1v) is 10.3. The van der Waals surface area contributed by atoms with Crippen molar-refractivity contribution in [2.45, 2.75) is 38.6 Å². The number of hydrogen-bond donors (Lipinski definition) is 1. The van der Waals surface area contributed by atoms with Gasteiger partial charge in [-0.15, -0.1) is 0 Å². The lowest BCUT2D eigenvalue weighted by molar-refractivity contribution is 0.104.